The second-order valence-electron chi connectivity index (χ2n) is 5.80. The molecule has 1 aromatic carbocycles. The maximum atomic E-state index is 12.7. The number of nitrogen functional groups attached to an aromatic ring is 1. The van der Waals surface area contributed by atoms with Crippen molar-refractivity contribution >= 4 is 11.6 Å². The van der Waals surface area contributed by atoms with Crippen LogP contribution in [0.2, 0.25) is 0 Å². The van der Waals surface area contributed by atoms with Crippen molar-refractivity contribution in [2.75, 3.05) is 5.73 Å². The average Bonchev–Trinajstić information content (AvgIpc) is 2.61. The Hall–Kier alpha value is -1.55. The normalized spacial score (nSPS) is 29.6. The number of carbonyl (C=O) groups excluding carboxylic acids is 1. The minimum Gasteiger partial charge on any atom is -0.399 e. The highest BCUT2D eigenvalue weighted by molar-refractivity contribution is 5.96. The Morgan fingerprint density at radius 2 is 1.95 bits per heavy atom. The van der Waals surface area contributed by atoms with Gasteiger partial charge in [-0.05, 0) is 56.4 Å². The van der Waals surface area contributed by atoms with Gasteiger partial charge in [0.1, 0.15) is 0 Å². The molecule has 3 N–H and O–H groups in total. The molecule has 3 rings (SSSR count). The summed E-state index contributed by atoms with van der Waals surface area (Å²) < 4.78 is 0. The number of hydrogen-bond donors (Lipinski definition) is 2. The van der Waals surface area contributed by atoms with Crippen LogP contribution >= 0.6 is 0 Å². The van der Waals surface area contributed by atoms with E-state index in [1.165, 1.54) is 0 Å². The van der Waals surface area contributed by atoms with Crippen molar-refractivity contribution in [1.82, 2.24) is 4.90 Å². The zero-order valence-electron chi connectivity index (χ0n) is 11.2. The van der Waals surface area contributed by atoms with Gasteiger partial charge in [-0.2, -0.15) is 0 Å². The van der Waals surface area contributed by atoms with Crippen LogP contribution in [0.4, 0.5) is 5.69 Å². The second kappa shape index (κ2) is 4.53. The van der Waals surface area contributed by atoms with Crippen LogP contribution in [0.3, 0.4) is 0 Å². The van der Waals surface area contributed by atoms with Gasteiger partial charge in [0.25, 0.3) is 5.91 Å². The van der Waals surface area contributed by atoms with Crippen LogP contribution in [0.5, 0.6) is 0 Å². The van der Waals surface area contributed by atoms with Crippen molar-refractivity contribution in [2.45, 2.75) is 50.8 Å². The van der Waals surface area contributed by atoms with Gasteiger partial charge >= 0.3 is 0 Å². The molecule has 1 aromatic rings. The van der Waals surface area contributed by atoms with E-state index in [0.717, 1.165) is 36.8 Å². The van der Waals surface area contributed by atoms with E-state index in [-0.39, 0.29) is 24.1 Å². The van der Waals surface area contributed by atoms with Gasteiger partial charge in [-0.15, -0.1) is 0 Å². The summed E-state index contributed by atoms with van der Waals surface area (Å²) in [6.07, 6.45) is 3.23. The second-order valence-corrected chi connectivity index (χ2v) is 5.80. The summed E-state index contributed by atoms with van der Waals surface area (Å²) in [4.78, 5) is 14.7. The first-order valence-electron chi connectivity index (χ1n) is 6.93. The third-order valence-electron chi connectivity index (χ3n) is 4.42. The number of fused-ring (bicyclic) bond motifs is 2. The van der Waals surface area contributed by atoms with E-state index in [4.69, 9.17) is 5.73 Å². The number of anilines is 1. The van der Waals surface area contributed by atoms with Crippen LogP contribution in [-0.2, 0) is 0 Å². The molecule has 19 heavy (non-hydrogen) atoms. The molecule has 2 saturated heterocycles. The summed E-state index contributed by atoms with van der Waals surface area (Å²) in [5, 5.41) is 9.80. The van der Waals surface area contributed by atoms with Gasteiger partial charge in [-0.25, -0.2) is 0 Å². The molecule has 2 aliphatic heterocycles. The Balaban J connectivity index is 1.88. The molecule has 0 aromatic heterocycles. The SMILES string of the molecule is Cc1cc(N)ccc1C(=O)N1C2CCC1CC(O)C2. The highest BCUT2D eigenvalue weighted by atomic mass is 16.3. The fourth-order valence-electron chi connectivity index (χ4n) is 3.55. The minimum atomic E-state index is -0.242. The van der Waals surface area contributed by atoms with E-state index in [1.54, 1.807) is 6.07 Å². The lowest BCUT2D eigenvalue weighted by Crippen LogP contribution is -2.48. The molecule has 2 bridgehead atoms. The quantitative estimate of drug-likeness (QED) is 0.755. The van der Waals surface area contributed by atoms with Crippen molar-refractivity contribution < 1.29 is 9.90 Å². The van der Waals surface area contributed by atoms with Crippen LogP contribution in [0, 0.1) is 6.92 Å². The zero-order chi connectivity index (χ0) is 13.6. The molecule has 2 fully saturated rings. The third-order valence-corrected chi connectivity index (χ3v) is 4.42. The number of aliphatic hydroxyl groups is 1. The molecule has 1 amide bonds. The van der Waals surface area contributed by atoms with E-state index >= 15 is 0 Å². The molecule has 2 atom stereocenters. The van der Waals surface area contributed by atoms with Gasteiger partial charge in [-0.1, -0.05) is 0 Å². The maximum absolute atomic E-state index is 12.7. The number of rotatable bonds is 1. The molecule has 4 nitrogen and oxygen atoms in total. The maximum Gasteiger partial charge on any atom is 0.254 e. The van der Waals surface area contributed by atoms with Crippen LogP contribution in [0.1, 0.15) is 41.6 Å². The van der Waals surface area contributed by atoms with Crippen molar-refractivity contribution in [2.24, 2.45) is 0 Å². The standard InChI is InChI=1S/C15H20N2O2/c1-9-6-10(16)2-5-14(9)15(19)17-11-3-4-12(17)8-13(18)7-11/h2,5-6,11-13,18H,3-4,7-8,16H2,1H3. The Morgan fingerprint density at radius 1 is 1.32 bits per heavy atom. The van der Waals surface area contributed by atoms with E-state index < -0.39 is 0 Å². The number of piperidine rings is 1. The van der Waals surface area contributed by atoms with Crippen molar-refractivity contribution in [3.05, 3.63) is 29.3 Å². The number of carbonyl (C=O) groups is 1. The zero-order valence-corrected chi connectivity index (χ0v) is 11.2. The molecule has 0 aliphatic carbocycles. The minimum absolute atomic E-state index is 0.0944. The first-order chi connectivity index (χ1) is 9.06. The first-order valence-corrected chi connectivity index (χ1v) is 6.93. The lowest BCUT2D eigenvalue weighted by Gasteiger charge is -2.37. The number of nitrogens with two attached hydrogens (primary N) is 1. The largest absolute Gasteiger partial charge is 0.399 e. The number of benzene rings is 1. The Bertz CT molecular complexity index is 501. The van der Waals surface area contributed by atoms with E-state index in [0.29, 0.717) is 5.69 Å². The predicted octanol–water partition coefficient (Wildman–Crippen LogP) is 1.71. The van der Waals surface area contributed by atoms with Gasteiger partial charge in [0, 0.05) is 23.3 Å². The van der Waals surface area contributed by atoms with Gasteiger partial charge < -0.3 is 15.7 Å². The monoisotopic (exact) mass is 260 g/mol. The molecule has 4 heteroatoms. The highest BCUT2D eigenvalue weighted by Gasteiger charge is 2.43. The molecule has 2 aliphatic rings. The molecule has 2 heterocycles. The molecular weight excluding hydrogens is 240 g/mol. The van der Waals surface area contributed by atoms with Gasteiger partial charge in [0.05, 0.1) is 6.10 Å². The van der Waals surface area contributed by atoms with Gasteiger partial charge in [0.2, 0.25) is 0 Å². The van der Waals surface area contributed by atoms with Crippen molar-refractivity contribution in [3.63, 3.8) is 0 Å². The molecular formula is C15H20N2O2. The number of nitrogens with zero attached hydrogens (tertiary/aromatic N) is 1. The fraction of sp³-hybridized carbons (Fsp3) is 0.533. The van der Waals surface area contributed by atoms with Gasteiger partial charge in [0.15, 0.2) is 0 Å². The molecule has 0 saturated carbocycles. The molecule has 0 spiro atoms. The summed E-state index contributed by atoms with van der Waals surface area (Å²) in [5.41, 5.74) is 8.08. The number of aryl methyl sites for hydroxylation is 1. The van der Waals surface area contributed by atoms with Gasteiger partial charge in [-0.3, -0.25) is 4.79 Å². The lowest BCUT2D eigenvalue weighted by atomic mass is 9.97. The smallest absolute Gasteiger partial charge is 0.254 e. The molecule has 2 unspecified atom stereocenters. The first kappa shape index (κ1) is 12.5. The number of hydrogen-bond acceptors (Lipinski definition) is 3. The van der Waals surface area contributed by atoms with E-state index in [2.05, 4.69) is 0 Å². The Morgan fingerprint density at radius 3 is 2.53 bits per heavy atom. The highest BCUT2D eigenvalue weighted by Crippen LogP contribution is 2.37. The predicted molar refractivity (Wildman–Crippen MR) is 73.8 cm³/mol. The lowest BCUT2D eigenvalue weighted by molar-refractivity contribution is 0.0286. The fourth-order valence-corrected chi connectivity index (χ4v) is 3.55. The average molecular weight is 260 g/mol. The van der Waals surface area contributed by atoms with Crippen molar-refractivity contribution in [3.8, 4) is 0 Å². The summed E-state index contributed by atoms with van der Waals surface area (Å²) >= 11 is 0. The van der Waals surface area contributed by atoms with Crippen LogP contribution in [-0.4, -0.2) is 34.1 Å². The Labute approximate surface area is 113 Å². The molecule has 102 valence electrons. The van der Waals surface area contributed by atoms with Crippen LogP contribution in [0.25, 0.3) is 0 Å². The number of aliphatic hydroxyl groups excluding tert-OH is 1. The van der Waals surface area contributed by atoms with Crippen LogP contribution < -0.4 is 5.73 Å². The van der Waals surface area contributed by atoms with Crippen LogP contribution in [0.15, 0.2) is 18.2 Å². The summed E-state index contributed by atoms with van der Waals surface area (Å²) in [6.45, 7) is 1.92. The third kappa shape index (κ3) is 2.10. The molecule has 0 radical (unpaired) electrons. The summed E-state index contributed by atoms with van der Waals surface area (Å²) in [6, 6.07) is 5.85. The number of amides is 1. The van der Waals surface area contributed by atoms with E-state index in [9.17, 15) is 9.90 Å². The Kier molecular flexibility index (Phi) is 2.97. The van der Waals surface area contributed by atoms with Crippen molar-refractivity contribution in [1.29, 1.82) is 0 Å². The summed E-state index contributed by atoms with van der Waals surface area (Å²) in [7, 11) is 0. The van der Waals surface area contributed by atoms with E-state index in [1.807, 2.05) is 24.0 Å². The topological polar surface area (TPSA) is 66.6 Å². The summed E-state index contributed by atoms with van der Waals surface area (Å²) in [5.74, 6) is 0.0944.